The monoisotopic (exact) mass is 277 g/mol. The van der Waals surface area contributed by atoms with Crippen molar-refractivity contribution in [3.63, 3.8) is 0 Å². The molecular formula is C18H15NO2. The maximum atomic E-state index is 12.4. The highest BCUT2D eigenvalue weighted by Gasteiger charge is 2.30. The van der Waals surface area contributed by atoms with Gasteiger partial charge in [-0.25, -0.2) is 0 Å². The van der Waals surface area contributed by atoms with Crippen LogP contribution in [0.15, 0.2) is 42.5 Å². The number of methoxy groups -OCH3 is 1. The number of benzene rings is 2. The van der Waals surface area contributed by atoms with Crippen LogP contribution in [0, 0.1) is 0 Å². The van der Waals surface area contributed by atoms with Gasteiger partial charge in [0.05, 0.1) is 12.7 Å². The first-order valence-corrected chi connectivity index (χ1v) is 7.09. The zero-order chi connectivity index (χ0) is 14.4. The fourth-order valence-corrected chi connectivity index (χ4v) is 3.27. The van der Waals surface area contributed by atoms with Crippen LogP contribution < -0.4 is 10.1 Å². The van der Waals surface area contributed by atoms with Crippen molar-refractivity contribution in [3.8, 4) is 5.75 Å². The number of para-hydroxylation sites is 1. The number of rotatable bonds is 1. The molecule has 0 spiro atoms. The zero-order valence-electron chi connectivity index (χ0n) is 11.8. The first-order chi connectivity index (χ1) is 10.3. The van der Waals surface area contributed by atoms with E-state index in [-0.39, 0.29) is 5.91 Å². The zero-order valence-corrected chi connectivity index (χ0v) is 11.8. The number of hydrogen-bond acceptors (Lipinski definition) is 2. The molecule has 0 saturated carbocycles. The van der Waals surface area contributed by atoms with Crippen LogP contribution in [0.5, 0.6) is 5.75 Å². The van der Waals surface area contributed by atoms with E-state index in [2.05, 4.69) is 17.4 Å². The Labute approximate surface area is 123 Å². The summed E-state index contributed by atoms with van der Waals surface area (Å²) in [5, 5.41) is 2.96. The molecule has 0 atom stereocenters. The van der Waals surface area contributed by atoms with Gasteiger partial charge in [0.1, 0.15) is 5.75 Å². The topological polar surface area (TPSA) is 38.3 Å². The Hall–Kier alpha value is -2.55. The van der Waals surface area contributed by atoms with Crippen LogP contribution in [0.3, 0.4) is 0 Å². The molecule has 2 aromatic rings. The average Bonchev–Trinajstić information content (AvgIpc) is 3.06. The number of fused-ring (bicyclic) bond motifs is 2. The summed E-state index contributed by atoms with van der Waals surface area (Å²) in [5.41, 5.74) is 6.34. The number of ether oxygens (including phenoxy) is 1. The first kappa shape index (κ1) is 12.2. The lowest BCUT2D eigenvalue weighted by Gasteiger charge is -2.07. The van der Waals surface area contributed by atoms with Gasteiger partial charge in [0.15, 0.2) is 0 Å². The maximum absolute atomic E-state index is 12.4. The van der Waals surface area contributed by atoms with E-state index in [9.17, 15) is 4.79 Å². The lowest BCUT2D eigenvalue weighted by molar-refractivity contribution is -0.110. The number of carbonyl (C=O) groups is 1. The van der Waals surface area contributed by atoms with Crippen LogP contribution in [0.25, 0.3) is 11.1 Å². The molecule has 1 heterocycles. The van der Waals surface area contributed by atoms with E-state index in [0.717, 1.165) is 41.0 Å². The van der Waals surface area contributed by atoms with E-state index in [4.69, 9.17) is 4.74 Å². The molecule has 3 heteroatoms. The van der Waals surface area contributed by atoms with Gasteiger partial charge >= 0.3 is 0 Å². The van der Waals surface area contributed by atoms with Gasteiger partial charge < -0.3 is 10.1 Å². The highest BCUT2D eigenvalue weighted by atomic mass is 16.5. The van der Waals surface area contributed by atoms with E-state index >= 15 is 0 Å². The molecule has 0 unspecified atom stereocenters. The Morgan fingerprint density at radius 3 is 2.76 bits per heavy atom. The van der Waals surface area contributed by atoms with Gasteiger partial charge in [-0.05, 0) is 47.7 Å². The molecule has 1 aliphatic carbocycles. The highest BCUT2D eigenvalue weighted by molar-refractivity contribution is 6.37. The van der Waals surface area contributed by atoms with Gasteiger partial charge in [0.2, 0.25) is 0 Å². The number of anilines is 1. The summed E-state index contributed by atoms with van der Waals surface area (Å²) in [6.45, 7) is 0. The quantitative estimate of drug-likeness (QED) is 0.810. The van der Waals surface area contributed by atoms with Crippen molar-refractivity contribution in [2.24, 2.45) is 0 Å². The van der Waals surface area contributed by atoms with Crippen molar-refractivity contribution < 1.29 is 9.53 Å². The smallest absolute Gasteiger partial charge is 0.256 e. The molecule has 0 bridgehead atoms. The molecule has 2 aliphatic rings. The molecule has 0 saturated heterocycles. The Morgan fingerprint density at radius 2 is 1.90 bits per heavy atom. The average molecular weight is 277 g/mol. The second kappa shape index (κ2) is 4.48. The summed E-state index contributed by atoms with van der Waals surface area (Å²) < 4.78 is 5.28. The molecular weight excluding hydrogens is 262 g/mol. The molecule has 3 nitrogen and oxygen atoms in total. The molecule has 104 valence electrons. The molecule has 0 aromatic heterocycles. The van der Waals surface area contributed by atoms with E-state index in [1.807, 2.05) is 30.3 Å². The fourth-order valence-electron chi connectivity index (χ4n) is 3.27. The summed E-state index contributed by atoms with van der Waals surface area (Å²) in [4.78, 5) is 12.4. The van der Waals surface area contributed by atoms with Gasteiger partial charge in [0.25, 0.3) is 5.91 Å². The van der Waals surface area contributed by atoms with E-state index in [1.165, 1.54) is 11.1 Å². The summed E-state index contributed by atoms with van der Waals surface area (Å²) in [7, 11) is 1.68. The van der Waals surface area contributed by atoms with Gasteiger partial charge in [-0.1, -0.05) is 24.3 Å². The molecule has 2 aromatic carbocycles. The Bertz CT molecular complexity index is 790. The van der Waals surface area contributed by atoms with E-state index < -0.39 is 0 Å². The lowest BCUT2D eigenvalue weighted by Crippen LogP contribution is -2.05. The van der Waals surface area contributed by atoms with Crippen molar-refractivity contribution in [1.29, 1.82) is 0 Å². The molecule has 21 heavy (non-hydrogen) atoms. The minimum absolute atomic E-state index is 0.00914. The van der Waals surface area contributed by atoms with Crippen LogP contribution in [0.1, 0.15) is 23.1 Å². The standard InChI is InChI=1S/C18H15NO2/c1-21-12-7-9-13-11(10-12)6-8-14(13)17-15-4-2-3-5-16(15)19-18(17)20/h2-5,7,9-10H,6,8H2,1H3,(H,19,20)/b17-14+. The van der Waals surface area contributed by atoms with Gasteiger partial charge in [0, 0.05) is 11.3 Å². The SMILES string of the molecule is COc1ccc2c(c1)CC/C2=C1\C(=O)Nc2ccccc21. The summed E-state index contributed by atoms with van der Waals surface area (Å²) in [6.07, 6.45) is 1.86. The molecule has 1 aliphatic heterocycles. The third kappa shape index (κ3) is 1.77. The third-order valence-electron chi connectivity index (χ3n) is 4.26. The third-order valence-corrected chi connectivity index (χ3v) is 4.26. The number of nitrogens with one attached hydrogen (secondary N) is 1. The number of aryl methyl sites for hydroxylation is 1. The Balaban J connectivity index is 1.91. The number of allylic oxidation sites excluding steroid dienone is 1. The van der Waals surface area contributed by atoms with Crippen molar-refractivity contribution in [3.05, 3.63) is 59.2 Å². The largest absolute Gasteiger partial charge is 0.497 e. The van der Waals surface area contributed by atoms with Gasteiger partial charge in [-0.2, -0.15) is 0 Å². The molecule has 0 radical (unpaired) electrons. The van der Waals surface area contributed by atoms with Crippen LogP contribution in [0.2, 0.25) is 0 Å². The summed E-state index contributed by atoms with van der Waals surface area (Å²) in [5.74, 6) is 0.881. The molecule has 1 amide bonds. The summed E-state index contributed by atoms with van der Waals surface area (Å²) in [6, 6.07) is 14.0. The van der Waals surface area contributed by atoms with Crippen LogP contribution in [-0.2, 0) is 11.2 Å². The molecule has 4 rings (SSSR count). The molecule has 1 N–H and O–H groups in total. The number of hydrogen-bond donors (Lipinski definition) is 1. The van der Waals surface area contributed by atoms with Crippen molar-refractivity contribution in [2.75, 3.05) is 12.4 Å². The minimum atomic E-state index is 0.00914. The summed E-state index contributed by atoms with van der Waals surface area (Å²) >= 11 is 0. The predicted octanol–water partition coefficient (Wildman–Crippen LogP) is 3.50. The molecule has 0 fully saturated rings. The second-order valence-electron chi connectivity index (χ2n) is 5.38. The number of amides is 1. The van der Waals surface area contributed by atoms with Crippen molar-refractivity contribution >= 4 is 22.7 Å². The Morgan fingerprint density at radius 1 is 1.05 bits per heavy atom. The maximum Gasteiger partial charge on any atom is 0.256 e. The highest BCUT2D eigenvalue weighted by Crippen LogP contribution is 2.43. The van der Waals surface area contributed by atoms with Crippen LogP contribution in [0.4, 0.5) is 5.69 Å². The van der Waals surface area contributed by atoms with Crippen molar-refractivity contribution in [2.45, 2.75) is 12.8 Å². The predicted molar refractivity (Wildman–Crippen MR) is 83.2 cm³/mol. The lowest BCUT2D eigenvalue weighted by atomic mass is 9.96. The second-order valence-corrected chi connectivity index (χ2v) is 5.38. The fraction of sp³-hybridized carbons (Fsp3) is 0.167. The Kier molecular flexibility index (Phi) is 2.61. The van der Waals surface area contributed by atoms with E-state index in [1.54, 1.807) is 7.11 Å². The van der Waals surface area contributed by atoms with E-state index in [0.29, 0.717) is 0 Å². The van der Waals surface area contributed by atoms with Crippen LogP contribution in [-0.4, -0.2) is 13.0 Å². The minimum Gasteiger partial charge on any atom is -0.497 e. The van der Waals surface area contributed by atoms with Crippen molar-refractivity contribution in [1.82, 2.24) is 0 Å². The van der Waals surface area contributed by atoms with Crippen LogP contribution >= 0.6 is 0 Å². The first-order valence-electron chi connectivity index (χ1n) is 7.09. The van der Waals surface area contributed by atoms with Gasteiger partial charge in [-0.15, -0.1) is 0 Å². The normalized spacial score (nSPS) is 19.2. The number of carbonyl (C=O) groups excluding carboxylic acids is 1. The van der Waals surface area contributed by atoms with Gasteiger partial charge in [-0.3, -0.25) is 4.79 Å².